The Morgan fingerprint density at radius 2 is 1.70 bits per heavy atom. The number of halogens is 4. The number of hydrogen-bond donors (Lipinski definition) is 0. The van der Waals surface area contributed by atoms with Gasteiger partial charge in [-0.2, -0.15) is 13.2 Å². The lowest BCUT2D eigenvalue weighted by Gasteiger charge is -2.09. The third-order valence-corrected chi connectivity index (χ3v) is 2.64. The fourth-order valence-electron chi connectivity index (χ4n) is 1.73. The van der Waals surface area contributed by atoms with E-state index in [1.54, 1.807) is 0 Å². The summed E-state index contributed by atoms with van der Waals surface area (Å²) < 4.78 is 51.7. The molecule has 2 aromatic rings. The van der Waals surface area contributed by atoms with Gasteiger partial charge in [-0.1, -0.05) is 18.2 Å². The number of nitro groups is 1. The van der Waals surface area contributed by atoms with Crippen LogP contribution >= 0.6 is 0 Å². The molecule has 0 aliphatic carbocycles. The van der Waals surface area contributed by atoms with Gasteiger partial charge in [0.05, 0.1) is 10.5 Å². The fraction of sp³-hybridized carbons (Fsp3) is 0.0769. The molecular weight excluding hydrogens is 278 g/mol. The molecule has 20 heavy (non-hydrogen) atoms. The van der Waals surface area contributed by atoms with Crippen molar-refractivity contribution < 1.29 is 22.5 Å². The van der Waals surface area contributed by atoms with E-state index in [1.165, 1.54) is 18.2 Å². The van der Waals surface area contributed by atoms with Crippen LogP contribution in [0.3, 0.4) is 0 Å². The summed E-state index contributed by atoms with van der Waals surface area (Å²) in [6, 6.07) is 7.16. The highest BCUT2D eigenvalue weighted by molar-refractivity contribution is 5.68. The molecule has 0 aromatic heterocycles. The molecule has 0 heterocycles. The Morgan fingerprint density at radius 3 is 2.25 bits per heavy atom. The van der Waals surface area contributed by atoms with E-state index in [9.17, 15) is 27.7 Å². The highest BCUT2D eigenvalue weighted by Gasteiger charge is 2.33. The van der Waals surface area contributed by atoms with E-state index in [0.717, 1.165) is 12.1 Å². The van der Waals surface area contributed by atoms with Crippen LogP contribution in [0, 0.1) is 15.9 Å². The Kier molecular flexibility index (Phi) is 3.44. The second kappa shape index (κ2) is 4.92. The first kappa shape index (κ1) is 14.0. The quantitative estimate of drug-likeness (QED) is 0.465. The minimum atomic E-state index is -4.74. The molecule has 0 unspecified atom stereocenters. The van der Waals surface area contributed by atoms with Crippen LogP contribution in [0.4, 0.5) is 23.2 Å². The molecule has 7 heteroatoms. The summed E-state index contributed by atoms with van der Waals surface area (Å²) in [5.41, 5.74) is -2.24. The molecule has 0 saturated carbocycles. The highest BCUT2D eigenvalue weighted by Crippen LogP contribution is 2.36. The second-order valence-corrected chi connectivity index (χ2v) is 4.00. The number of hydrogen-bond acceptors (Lipinski definition) is 2. The summed E-state index contributed by atoms with van der Waals surface area (Å²) in [7, 11) is 0. The molecule has 0 atom stereocenters. The topological polar surface area (TPSA) is 43.1 Å². The third-order valence-electron chi connectivity index (χ3n) is 2.64. The average Bonchev–Trinajstić information content (AvgIpc) is 2.37. The van der Waals surface area contributed by atoms with Crippen molar-refractivity contribution in [1.82, 2.24) is 0 Å². The zero-order chi connectivity index (χ0) is 14.9. The zero-order valence-corrected chi connectivity index (χ0v) is 9.82. The van der Waals surface area contributed by atoms with E-state index in [4.69, 9.17) is 0 Å². The van der Waals surface area contributed by atoms with E-state index < -0.39 is 28.2 Å². The van der Waals surface area contributed by atoms with Crippen LogP contribution in [0.2, 0.25) is 0 Å². The molecule has 0 aliphatic rings. The van der Waals surface area contributed by atoms with Gasteiger partial charge in [-0.25, -0.2) is 4.39 Å². The molecular formula is C13H7F4NO2. The van der Waals surface area contributed by atoms with E-state index >= 15 is 0 Å². The summed E-state index contributed by atoms with van der Waals surface area (Å²) in [6.07, 6.45) is -4.74. The van der Waals surface area contributed by atoms with Crippen LogP contribution in [0.15, 0.2) is 42.5 Å². The minimum absolute atomic E-state index is 0.123. The van der Waals surface area contributed by atoms with E-state index in [2.05, 4.69) is 0 Å². The second-order valence-electron chi connectivity index (χ2n) is 4.00. The maximum absolute atomic E-state index is 13.6. The summed E-state index contributed by atoms with van der Waals surface area (Å²) in [4.78, 5) is 9.75. The summed E-state index contributed by atoms with van der Waals surface area (Å²) in [6.45, 7) is 0. The van der Waals surface area contributed by atoms with Crippen molar-refractivity contribution in [3.8, 4) is 11.1 Å². The number of nitrogens with zero attached hydrogens (tertiary/aromatic N) is 1. The summed E-state index contributed by atoms with van der Waals surface area (Å²) >= 11 is 0. The van der Waals surface area contributed by atoms with Crippen molar-refractivity contribution >= 4 is 5.69 Å². The van der Waals surface area contributed by atoms with Crippen LogP contribution < -0.4 is 0 Å². The molecule has 2 rings (SSSR count). The number of nitro benzene ring substituents is 1. The van der Waals surface area contributed by atoms with Crippen LogP contribution in [0.25, 0.3) is 11.1 Å². The number of benzene rings is 2. The average molecular weight is 285 g/mol. The molecule has 0 radical (unpaired) electrons. The Labute approximate surface area is 110 Å². The smallest absolute Gasteiger partial charge is 0.258 e. The van der Waals surface area contributed by atoms with Crippen LogP contribution in [-0.2, 0) is 6.18 Å². The van der Waals surface area contributed by atoms with Gasteiger partial charge in [0.15, 0.2) is 0 Å². The van der Waals surface area contributed by atoms with Crippen molar-refractivity contribution in [2.45, 2.75) is 6.18 Å². The van der Waals surface area contributed by atoms with Gasteiger partial charge >= 0.3 is 6.18 Å². The molecule has 0 fully saturated rings. The first-order valence-electron chi connectivity index (χ1n) is 5.40. The van der Waals surface area contributed by atoms with Gasteiger partial charge in [0, 0.05) is 17.7 Å². The predicted octanol–water partition coefficient (Wildman–Crippen LogP) is 4.42. The lowest BCUT2D eigenvalue weighted by Crippen LogP contribution is -2.06. The number of alkyl halides is 3. The van der Waals surface area contributed by atoms with Gasteiger partial charge in [0.25, 0.3) is 5.69 Å². The van der Waals surface area contributed by atoms with Gasteiger partial charge in [0.1, 0.15) is 5.82 Å². The third kappa shape index (κ3) is 2.76. The van der Waals surface area contributed by atoms with E-state index in [-0.39, 0.29) is 11.1 Å². The van der Waals surface area contributed by atoms with E-state index in [1.807, 2.05) is 0 Å². The molecule has 104 valence electrons. The molecule has 0 aliphatic heterocycles. The number of non-ortho nitro benzene ring substituents is 1. The zero-order valence-electron chi connectivity index (χ0n) is 9.82. The van der Waals surface area contributed by atoms with Crippen molar-refractivity contribution in [2.24, 2.45) is 0 Å². The van der Waals surface area contributed by atoms with Crippen LogP contribution in [0.1, 0.15) is 5.56 Å². The Morgan fingerprint density at radius 1 is 1.05 bits per heavy atom. The minimum Gasteiger partial charge on any atom is -0.258 e. The first-order chi connectivity index (χ1) is 9.29. The molecule has 0 saturated heterocycles. The summed E-state index contributed by atoms with van der Waals surface area (Å²) in [5, 5.41) is 10.7. The van der Waals surface area contributed by atoms with Gasteiger partial charge in [-0.15, -0.1) is 0 Å². The molecule has 0 spiro atoms. The lowest BCUT2D eigenvalue weighted by atomic mass is 10.0. The van der Waals surface area contributed by atoms with Crippen LogP contribution in [0.5, 0.6) is 0 Å². The monoisotopic (exact) mass is 285 g/mol. The standard InChI is InChI=1S/C13H7F4NO2/c14-12-4-2-1-3-11(12)8-5-9(13(15,16)17)7-10(6-8)18(19)20/h1-7H. The van der Waals surface area contributed by atoms with Crippen molar-refractivity contribution in [2.75, 3.05) is 0 Å². The molecule has 0 bridgehead atoms. The Hall–Kier alpha value is -2.44. The normalized spacial score (nSPS) is 11.4. The first-order valence-corrected chi connectivity index (χ1v) is 5.40. The maximum Gasteiger partial charge on any atom is 0.416 e. The SMILES string of the molecule is O=[N+]([O-])c1cc(-c2ccccc2F)cc(C(F)(F)F)c1. The largest absolute Gasteiger partial charge is 0.416 e. The Balaban J connectivity index is 2.68. The van der Waals surface area contributed by atoms with Crippen LogP contribution in [-0.4, -0.2) is 4.92 Å². The fourth-order valence-corrected chi connectivity index (χ4v) is 1.73. The molecule has 2 aromatic carbocycles. The predicted molar refractivity (Wildman–Crippen MR) is 63.5 cm³/mol. The van der Waals surface area contributed by atoms with Gasteiger partial charge < -0.3 is 0 Å². The molecule has 0 N–H and O–H groups in total. The summed E-state index contributed by atoms with van der Waals surface area (Å²) in [5.74, 6) is -0.749. The Bertz CT molecular complexity index is 668. The lowest BCUT2D eigenvalue weighted by molar-refractivity contribution is -0.385. The van der Waals surface area contributed by atoms with Crippen molar-refractivity contribution in [1.29, 1.82) is 0 Å². The van der Waals surface area contributed by atoms with Gasteiger partial charge in [-0.3, -0.25) is 10.1 Å². The van der Waals surface area contributed by atoms with Crippen molar-refractivity contribution in [3.63, 3.8) is 0 Å². The highest BCUT2D eigenvalue weighted by atomic mass is 19.4. The van der Waals surface area contributed by atoms with Gasteiger partial charge in [0.2, 0.25) is 0 Å². The van der Waals surface area contributed by atoms with Crippen molar-refractivity contribution in [3.05, 3.63) is 64.0 Å². The molecule has 0 amide bonds. The maximum atomic E-state index is 13.6. The van der Waals surface area contributed by atoms with Gasteiger partial charge in [-0.05, 0) is 17.7 Å². The molecule has 3 nitrogen and oxygen atoms in total. The number of rotatable bonds is 2. The van der Waals surface area contributed by atoms with E-state index in [0.29, 0.717) is 12.1 Å².